The molecule has 1 fully saturated rings. The van der Waals surface area contributed by atoms with E-state index < -0.39 is 0 Å². The Morgan fingerprint density at radius 1 is 1.38 bits per heavy atom. The molecule has 1 unspecified atom stereocenters. The number of carbonyl (C=O) groups excluding carboxylic acids is 1. The molecule has 2 rings (SSSR count). The second-order valence-corrected chi connectivity index (χ2v) is 4.70. The third kappa shape index (κ3) is 2.11. The molecule has 0 aromatic heterocycles. The number of aldehydes is 1. The predicted molar refractivity (Wildman–Crippen MR) is 67.2 cm³/mol. The number of carbonyl (C=O) groups is 1. The molecular formula is C14H19NO. The normalized spacial score (nSPS) is 20.9. The van der Waals surface area contributed by atoms with Crippen LogP contribution >= 0.6 is 0 Å². The zero-order chi connectivity index (χ0) is 11.5. The fraction of sp³-hybridized carbons (Fsp3) is 0.500. The van der Waals surface area contributed by atoms with Crippen molar-refractivity contribution in [3.63, 3.8) is 0 Å². The molecule has 86 valence electrons. The van der Waals surface area contributed by atoms with Crippen molar-refractivity contribution in [3.05, 3.63) is 29.3 Å². The van der Waals surface area contributed by atoms with E-state index in [9.17, 15) is 4.79 Å². The molecule has 1 aromatic carbocycles. The Hall–Kier alpha value is -1.31. The minimum atomic E-state index is 0.621. The van der Waals surface area contributed by atoms with Crippen LogP contribution in [0.25, 0.3) is 0 Å². The van der Waals surface area contributed by atoms with Crippen LogP contribution in [0.3, 0.4) is 0 Å². The third-order valence-electron chi connectivity index (χ3n) is 3.51. The van der Waals surface area contributed by atoms with Gasteiger partial charge in [-0.05, 0) is 56.9 Å². The van der Waals surface area contributed by atoms with E-state index >= 15 is 0 Å². The predicted octanol–water partition coefficient (Wildman–Crippen LogP) is 3.19. The van der Waals surface area contributed by atoms with Gasteiger partial charge in [0.2, 0.25) is 0 Å². The molecule has 0 amide bonds. The van der Waals surface area contributed by atoms with E-state index in [1.165, 1.54) is 24.9 Å². The highest BCUT2D eigenvalue weighted by atomic mass is 16.1. The van der Waals surface area contributed by atoms with Crippen LogP contribution in [-0.2, 0) is 0 Å². The smallest absolute Gasteiger partial charge is 0.150 e. The Morgan fingerprint density at radius 3 is 2.81 bits per heavy atom. The van der Waals surface area contributed by atoms with Crippen LogP contribution in [0, 0.1) is 6.92 Å². The first-order valence-electron chi connectivity index (χ1n) is 6.05. The maximum atomic E-state index is 10.8. The Balaban J connectivity index is 2.26. The molecule has 0 aliphatic carbocycles. The molecule has 1 atom stereocenters. The lowest BCUT2D eigenvalue weighted by Gasteiger charge is -2.35. The molecule has 1 saturated heterocycles. The number of hydrogen-bond acceptors (Lipinski definition) is 2. The Morgan fingerprint density at radius 2 is 2.19 bits per heavy atom. The molecule has 2 heteroatoms. The first kappa shape index (κ1) is 11.2. The topological polar surface area (TPSA) is 20.3 Å². The highest BCUT2D eigenvalue weighted by Gasteiger charge is 2.18. The van der Waals surface area contributed by atoms with Gasteiger partial charge >= 0.3 is 0 Å². The minimum absolute atomic E-state index is 0.621. The van der Waals surface area contributed by atoms with Gasteiger partial charge in [0.15, 0.2) is 0 Å². The third-order valence-corrected chi connectivity index (χ3v) is 3.51. The number of aryl methyl sites for hydroxylation is 1. The zero-order valence-corrected chi connectivity index (χ0v) is 10.1. The fourth-order valence-corrected chi connectivity index (χ4v) is 2.45. The van der Waals surface area contributed by atoms with E-state index in [4.69, 9.17) is 0 Å². The second-order valence-electron chi connectivity index (χ2n) is 4.70. The van der Waals surface area contributed by atoms with Crippen LogP contribution in [0.15, 0.2) is 18.2 Å². The average molecular weight is 217 g/mol. The van der Waals surface area contributed by atoms with Gasteiger partial charge < -0.3 is 4.90 Å². The standard InChI is InChI=1S/C14H19NO/c1-11-9-14(7-6-13(11)10-16)15-8-4-3-5-12(15)2/h6-7,9-10,12H,3-5,8H2,1-2H3. The summed E-state index contributed by atoms with van der Waals surface area (Å²) in [5.74, 6) is 0. The van der Waals surface area contributed by atoms with E-state index in [0.29, 0.717) is 6.04 Å². The lowest BCUT2D eigenvalue weighted by molar-refractivity contribution is 0.112. The second kappa shape index (κ2) is 4.69. The fourth-order valence-electron chi connectivity index (χ4n) is 2.45. The average Bonchev–Trinajstić information content (AvgIpc) is 2.29. The highest BCUT2D eigenvalue weighted by molar-refractivity contribution is 5.78. The summed E-state index contributed by atoms with van der Waals surface area (Å²) in [6, 6.07) is 6.75. The Bertz CT molecular complexity index is 386. The van der Waals surface area contributed by atoms with Gasteiger partial charge in [0.25, 0.3) is 0 Å². The Kier molecular flexibility index (Phi) is 3.28. The lowest BCUT2D eigenvalue weighted by atomic mass is 10.0. The molecule has 2 nitrogen and oxygen atoms in total. The van der Waals surface area contributed by atoms with Crippen LogP contribution in [0.4, 0.5) is 5.69 Å². The van der Waals surface area contributed by atoms with E-state index in [1.807, 2.05) is 13.0 Å². The molecule has 16 heavy (non-hydrogen) atoms. The van der Waals surface area contributed by atoms with Crippen LogP contribution in [0.5, 0.6) is 0 Å². The van der Waals surface area contributed by atoms with Crippen molar-refractivity contribution in [1.29, 1.82) is 0 Å². The molecule has 1 heterocycles. The Labute approximate surface area is 97.3 Å². The molecule has 1 aromatic rings. The monoisotopic (exact) mass is 217 g/mol. The molecule has 0 spiro atoms. The maximum Gasteiger partial charge on any atom is 0.150 e. The van der Waals surface area contributed by atoms with Gasteiger partial charge in [-0.2, -0.15) is 0 Å². The summed E-state index contributed by atoms with van der Waals surface area (Å²) in [6.07, 6.45) is 4.81. The van der Waals surface area contributed by atoms with Gasteiger partial charge in [0.05, 0.1) is 0 Å². The number of piperidine rings is 1. The van der Waals surface area contributed by atoms with E-state index in [-0.39, 0.29) is 0 Å². The summed E-state index contributed by atoms with van der Waals surface area (Å²) in [7, 11) is 0. The summed E-state index contributed by atoms with van der Waals surface area (Å²) >= 11 is 0. The SMILES string of the molecule is Cc1cc(N2CCCCC2C)ccc1C=O. The summed E-state index contributed by atoms with van der Waals surface area (Å²) in [5.41, 5.74) is 3.13. The molecule has 0 N–H and O–H groups in total. The molecule has 1 aliphatic heterocycles. The van der Waals surface area contributed by atoms with E-state index in [2.05, 4.69) is 24.0 Å². The molecule has 0 bridgehead atoms. The van der Waals surface area contributed by atoms with Gasteiger partial charge in [0.1, 0.15) is 6.29 Å². The number of hydrogen-bond donors (Lipinski definition) is 0. The van der Waals surface area contributed by atoms with Gasteiger partial charge in [0, 0.05) is 23.8 Å². The first-order chi connectivity index (χ1) is 7.72. The van der Waals surface area contributed by atoms with Crippen molar-refractivity contribution in [3.8, 4) is 0 Å². The highest BCUT2D eigenvalue weighted by Crippen LogP contribution is 2.26. The van der Waals surface area contributed by atoms with Crippen LogP contribution in [0.1, 0.15) is 42.1 Å². The molecular weight excluding hydrogens is 198 g/mol. The van der Waals surface area contributed by atoms with Gasteiger partial charge in [-0.25, -0.2) is 0 Å². The number of anilines is 1. The van der Waals surface area contributed by atoms with Gasteiger partial charge in [-0.15, -0.1) is 0 Å². The van der Waals surface area contributed by atoms with Crippen LogP contribution < -0.4 is 4.90 Å². The summed E-state index contributed by atoms with van der Waals surface area (Å²) in [5, 5.41) is 0. The summed E-state index contributed by atoms with van der Waals surface area (Å²) < 4.78 is 0. The number of nitrogens with zero attached hydrogens (tertiary/aromatic N) is 1. The van der Waals surface area contributed by atoms with Crippen LogP contribution in [0.2, 0.25) is 0 Å². The van der Waals surface area contributed by atoms with Crippen molar-refractivity contribution < 1.29 is 4.79 Å². The van der Waals surface area contributed by atoms with Crippen molar-refractivity contribution >= 4 is 12.0 Å². The quantitative estimate of drug-likeness (QED) is 0.709. The zero-order valence-electron chi connectivity index (χ0n) is 10.1. The van der Waals surface area contributed by atoms with Gasteiger partial charge in [-0.3, -0.25) is 4.79 Å². The van der Waals surface area contributed by atoms with Crippen molar-refractivity contribution in [1.82, 2.24) is 0 Å². The summed E-state index contributed by atoms with van der Waals surface area (Å²) in [6.45, 7) is 5.42. The lowest BCUT2D eigenvalue weighted by Crippen LogP contribution is -2.37. The van der Waals surface area contributed by atoms with Crippen LogP contribution in [-0.4, -0.2) is 18.9 Å². The number of benzene rings is 1. The maximum absolute atomic E-state index is 10.8. The van der Waals surface area contributed by atoms with E-state index in [1.54, 1.807) is 0 Å². The summed E-state index contributed by atoms with van der Waals surface area (Å²) in [4.78, 5) is 13.2. The molecule has 0 saturated carbocycles. The molecule has 1 aliphatic rings. The van der Waals surface area contributed by atoms with Crippen molar-refractivity contribution in [2.45, 2.75) is 39.2 Å². The first-order valence-corrected chi connectivity index (χ1v) is 6.05. The largest absolute Gasteiger partial charge is 0.369 e. The van der Waals surface area contributed by atoms with Crippen molar-refractivity contribution in [2.75, 3.05) is 11.4 Å². The van der Waals surface area contributed by atoms with E-state index in [0.717, 1.165) is 24.0 Å². The van der Waals surface area contributed by atoms with Crippen molar-refractivity contribution in [2.24, 2.45) is 0 Å². The van der Waals surface area contributed by atoms with Gasteiger partial charge in [-0.1, -0.05) is 0 Å². The molecule has 0 radical (unpaired) electrons. The number of rotatable bonds is 2. The minimum Gasteiger partial charge on any atom is -0.369 e.